The van der Waals surface area contributed by atoms with Gasteiger partial charge in [0, 0.05) is 4.91 Å². The Balaban J connectivity index is 3.07. The van der Waals surface area contributed by atoms with E-state index in [-0.39, 0.29) is 12.3 Å². The second-order valence-corrected chi connectivity index (χ2v) is 3.22. The highest BCUT2D eigenvalue weighted by molar-refractivity contribution is 5.93. The lowest BCUT2D eigenvalue weighted by Gasteiger charge is -2.03. The summed E-state index contributed by atoms with van der Waals surface area (Å²) in [4.78, 5) is 14.1. The van der Waals surface area contributed by atoms with Crippen molar-refractivity contribution >= 4 is 12.0 Å². The van der Waals surface area contributed by atoms with Gasteiger partial charge >= 0.3 is 5.97 Å². The molecule has 0 saturated heterocycles. The van der Waals surface area contributed by atoms with E-state index in [0.717, 1.165) is 0 Å². The average molecular weight is 247 g/mol. The molecule has 0 aliphatic carbocycles. The van der Waals surface area contributed by atoms with E-state index in [4.69, 9.17) is 15.0 Å². The number of carbonyl (C=O) groups excluding carboxylic acids is 1. The summed E-state index contributed by atoms with van der Waals surface area (Å²) in [5.74, 6) is -0.00832. The van der Waals surface area contributed by atoms with Gasteiger partial charge in [0.1, 0.15) is 11.4 Å². The van der Waals surface area contributed by atoms with E-state index in [1.807, 2.05) is 0 Å². The van der Waals surface area contributed by atoms with Crippen LogP contribution in [0.5, 0.6) is 5.75 Å². The first-order valence-corrected chi connectivity index (χ1v) is 5.29. The predicted octanol–water partition coefficient (Wildman–Crippen LogP) is 2.91. The minimum Gasteiger partial charge on any atom is -0.497 e. The Morgan fingerprint density at radius 1 is 1.56 bits per heavy atom. The van der Waals surface area contributed by atoms with E-state index in [9.17, 15) is 4.79 Å². The molecule has 1 rings (SSSR count). The zero-order chi connectivity index (χ0) is 13.4. The highest BCUT2D eigenvalue weighted by Crippen LogP contribution is 2.16. The Hall–Kier alpha value is -2.46. The smallest absolute Gasteiger partial charge is 0.340 e. The van der Waals surface area contributed by atoms with Gasteiger partial charge in [0.2, 0.25) is 0 Å². The molecule has 0 atom stereocenters. The second kappa shape index (κ2) is 6.98. The summed E-state index contributed by atoms with van der Waals surface area (Å²) in [5.41, 5.74) is 9.01. The van der Waals surface area contributed by atoms with Gasteiger partial charge in [0.05, 0.1) is 13.7 Å². The SMILES string of the molecule is CCOC(=O)C(=Cc1cccc(OC)c1)N=[N+]=[N-]. The molecule has 94 valence electrons. The summed E-state index contributed by atoms with van der Waals surface area (Å²) in [6.45, 7) is 1.90. The normalized spacial score (nSPS) is 10.4. The molecule has 0 aliphatic heterocycles. The maximum atomic E-state index is 11.5. The van der Waals surface area contributed by atoms with E-state index >= 15 is 0 Å². The van der Waals surface area contributed by atoms with Crippen molar-refractivity contribution in [3.8, 4) is 5.75 Å². The molecule has 0 unspecified atom stereocenters. The highest BCUT2D eigenvalue weighted by Gasteiger charge is 2.08. The molecule has 0 heterocycles. The predicted molar refractivity (Wildman–Crippen MR) is 66.8 cm³/mol. The van der Waals surface area contributed by atoms with Crippen molar-refractivity contribution < 1.29 is 14.3 Å². The molecule has 0 radical (unpaired) electrons. The Bertz CT molecular complexity index is 505. The van der Waals surface area contributed by atoms with Crippen molar-refractivity contribution in [2.75, 3.05) is 13.7 Å². The Labute approximate surface area is 104 Å². The van der Waals surface area contributed by atoms with Gasteiger partial charge in [-0.15, -0.1) is 0 Å². The molecule has 6 nitrogen and oxygen atoms in total. The van der Waals surface area contributed by atoms with E-state index in [0.29, 0.717) is 11.3 Å². The van der Waals surface area contributed by atoms with E-state index < -0.39 is 5.97 Å². The average Bonchev–Trinajstić information content (AvgIpc) is 2.39. The van der Waals surface area contributed by atoms with Crippen molar-refractivity contribution in [1.29, 1.82) is 0 Å². The second-order valence-electron chi connectivity index (χ2n) is 3.22. The number of hydrogen-bond donors (Lipinski definition) is 0. The quantitative estimate of drug-likeness (QED) is 0.263. The van der Waals surface area contributed by atoms with Gasteiger partial charge in [-0.05, 0) is 36.2 Å². The molecule has 0 amide bonds. The van der Waals surface area contributed by atoms with Crippen LogP contribution in [0.4, 0.5) is 0 Å². The van der Waals surface area contributed by atoms with E-state index in [1.54, 1.807) is 38.3 Å². The highest BCUT2D eigenvalue weighted by atomic mass is 16.5. The van der Waals surface area contributed by atoms with Crippen LogP contribution < -0.4 is 4.74 Å². The third kappa shape index (κ3) is 3.84. The first kappa shape index (κ1) is 13.6. The molecule has 1 aromatic carbocycles. The molecule has 18 heavy (non-hydrogen) atoms. The van der Waals surface area contributed by atoms with Crippen LogP contribution in [-0.2, 0) is 9.53 Å². The van der Waals surface area contributed by atoms with Crippen LogP contribution in [0, 0.1) is 0 Å². The summed E-state index contributed by atoms with van der Waals surface area (Å²) in [7, 11) is 1.54. The zero-order valence-corrected chi connectivity index (χ0v) is 10.2. The zero-order valence-electron chi connectivity index (χ0n) is 10.2. The van der Waals surface area contributed by atoms with Crippen molar-refractivity contribution in [3.05, 3.63) is 46.0 Å². The first-order valence-electron chi connectivity index (χ1n) is 5.29. The first-order chi connectivity index (χ1) is 8.71. The number of hydrogen-bond acceptors (Lipinski definition) is 4. The minimum absolute atomic E-state index is 0.0902. The fraction of sp³-hybridized carbons (Fsp3) is 0.250. The fourth-order valence-corrected chi connectivity index (χ4v) is 1.27. The van der Waals surface area contributed by atoms with Crippen LogP contribution in [0.1, 0.15) is 12.5 Å². The number of ether oxygens (including phenoxy) is 2. The lowest BCUT2D eigenvalue weighted by atomic mass is 10.2. The standard InChI is InChI=1S/C12H13N3O3/c1-3-18-12(16)11(14-15-13)8-9-5-4-6-10(7-9)17-2/h4-8H,3H2,1-2H3. The maximum absolute atomic E-state index is 11.5. The number of benzene rings is 1. The number of methoxy groups -OCH3 is 1. The van der Waals surface area contributed by atoms with E-state index in [2.05, 4.69) is 10.0 Å². The maximum Gasteiger partial charge on any atom is 0.340 e. The van der Waals surface area contributed by atoms with Crippen LogP contribution in [0.25, 0.3) is 16.5 Å². The third-order valence-corrected chi connectivity index (χ3v) is 2.03. The number of esters is 1. The van der Waals surface area contributed by atoms with Gasteiger partial charge in [-0.3, -0.25) is 0 Å². The van der Waals surface area contributed by atoms with Gasteiger partial charge < -0.3 is 9.47 Å². The molecule has 6 heteroatoms. The molecule has 0 aromatic heterocycles. The van der Waals surface area contributed by atoms with Gasteiger partial charge in [0.25, 0.3) is 0 Å². The Morgan fingerprint density at radius 2 is 2.33 bits per heavy atom. The minimum atomic E-state index is -0.655. The summed E-state index contributed by atoms with van der Waals surface area (Å²) >= 11 is 0. The molecule has 0 saturated carbocycles. The lowest BCUT2D eigenvalue weighted by Crippen LogP contribution is -2.05. The van der Waals surface area contributed by atoms with Crippen LogP contribution in [0.15, 0.2) is 35.1 Å². The Morgan fingerprint density at radius 3 is 2.94 bits per heavy atom. The van der Waals surface area contributed by atoms with Crippen molar-refractivity contribution in [2.45, 2.75) is 6.92 Å². The summed E-state index contributed by atoms with van der Waals surface area (Å²) in [5, 5.41) is 3.32. The number of nitrogens with zero attached hydrogens (tertiary/aromatic N) is 3. The summed E-state index contributed by atoms with van der Waals surface area (Å²) in [6.07, 6.45) is 1.44. The van der Waals surface area contributed by atoms with Crippen molar-refractivity contribution in [1.82, 2.24) is 0 Å². The molecule has 1 aromatic rings. The molecular weight excluding hydrogens is 234 g/mol. The topological polar surface area (TPSA) is 84.3 Å². The molecule has 0 spiro atoms. The molecular formula is C12H13N3O3. The molecule has 0 fully saturated rings. The van der Waals surface area contributed by atoms with Gasteiger partial charge in [-0.25, -0.2) is 4.79 Å². The van der Waals surface area contributed by atoms with Gasteiger partial charge in [-0.1, -0.05) is 17.2 Å². The number of azide groups is 1. The molecule has 0 bridgehead atoms. The monoisotopic (exact) mass is 247 g/mol. The van der Waals surface area contributed by atoms with Crippen LogP contribution >= 0.6 is 0 Å². The van der Waals surface area contributed by atoms with Gasteiger partial charge in [0.15, 0.2) is 0 Å². The molecule has 0 aliphatic rings. The summed E-state index contributed by atoms with van der Waals surface area (Å²) in [6, 6.07) is 7.01. The fourth-order valence-electron chi connectivity index (χ4n) is 1.27. The van der Waals surface area contributed by atoms with E-state index in [1.165, 1.54) is 6.08 Å². The van der Waals surface area contributed by atoms with Gasteiger partial charge in [-0.2, -0.15) is 0 Å². The summed E-state index contributed by atoms with van der Waals surface area (Å²) < 4.78 is 9.84. The Kier molecular flexibility index (Phi) is 5.28. The largest absolute Gasteiger partial charge is 0.497 e. The number of carbonyl (C=O) groups is 1. The van der Waals surface area contributed by atoms with Crippen LogP contribution in [-0.4, -0.2) is 19.7 Å². The van der Waals surface area contributed by atoms with Crippen LogP contribution in [0.2, 0.25) is 0 Å². The third-order valence-electron chi connectivity index (χ3n) is 2.03. The lowest BCUT2D eigenvalue weighted by molar-refractivity contribution is -0.138. The van der Waals surface area contributed by atoms with Crippen LogP contribution in [0.3, 0.4) is 0 Å². The van der Waals surface area contributed by atoms with Crippen molar-refractivity contribution in [3.63, 3.8) is 0 Å². The number of rotatable bonds is 5. The van der Waals surface area contributed by atoms with Crippen molar-refractivity contribution in [2.24, 2.45) is 5.11 Å². The molecule has 0 N–H and O–H groups in total.